The van der Waals surface area contributed by atoms with E-state index < -0.39 is 10.1 Å². The molecule has 6 nitrogen and oxygen atoms in total. The first kappa shape index (κ1) is 24.0. The van der Waals surface area contributed by atoms with E-state index >= 15 is 0 Å². The van der Waals surface area contributed by atoms with Crippen molar-refractivity contribution in [3.63, 3.8) is 0 Å². The Morgan fingerprint density at radius 1 is 0.971 bits per heavy atom. The van der Waals surface area contributed by atoms with Crippen LogP contribution in [-0.2, 0) is 15.5 Å². The van der Waals surface area contributed by atoms with E-state index in [2.05, 4.69) is 50.9 Å². The predicted molar refractivity (Wildman–Crippen MR) is 135 cm³/mol. The standard InChI is InChI=1S/C27H31N3O3S/c1-7-18(2)21-16-20(27(4,5)6)17-24(30-28-22-13-9-10-14-23(22)29-30)26(21)33-34(31,32)25-15-11-8-12-19(25)3/h8-18H,7H2,1-6H3. The van der Waals surface area contributed by atoms with Crippen molar-refractivity contribution in [3.05, 3.63) is 77.4 Å². The van der Waals surface area contributed by atoms with Crippen LogP contribution in [0.4, 0.5) is 0 Å². The monoisotopic (exact) mass is 477 g/mol. The number of aryl methyl sites for hydroxylation is 1. The van der Waals surface area contributed by atoms with E-state index in [1.54, 1.807) is 25.1 Å². The molecule has 1 aromatic heterocycles. The molecule has 0 fully saturated rings. The van der Waals surface area contributed by atoms with E-state index in [9.17, 15) is 8.42 Å². The Bertz CT molecular complexity index is 1420. The Hall–Kier alpha value is -3.19. The first-order chi connectivity index (χ1) is 16.0. The molecular formula is C27H31N3O3S. The maximum Gasteiger partial charge on any atom is 0.339 e. The van der Waals surface area contributed by atoms with Crippen LogP contribution < -0.4 is 4.18 Å². The van der Waals surface area contributed by atoms with Crippen LogP contribution in [0.2, 0.25) is 0 Å². The van der Waals surface area contributed by atoms with Gasteiger partial charge in [-0.15, -0.1) is 15.0 Å². The number of hydrogen-bond acceptors (Lipinski definition) is 5. The third-order valence-corrected chi connectivity index (χ3v) is 7.55. The second-order valence-corrected chi connectivity index (χ2v) is 11.3. The number of hydrogen-bond donors (Lipinski definition) is 0. The first-order valence-electron chi connectivity index (χ1n) is 11.5. The summed E-state index contributed by atoms with van der Waals surface area (Å²) >= 11 is 0. The van der Waals surface area contributed by atoms with Gasteiger partial charge in [-0.2, -0.15) is 8.42 Å². The van der Waals surface area contributed by atoms with Gasteiger partial charge in [0, 0.05) is 5.56 Å². The molecule has 7 heteroatoms. The summed E-state index contributed by atoms with van der Waals surface area (Å²) in [5.74, 6) is 0.332. The molecule has 0 saturated heterocycles. The zero-order chi connectivity index (χ0) is 24.7. The molecule has 0 aliphatic rings. The Kier molecular flexibility index (Phi) is 6.25. The summed E-state index contributed by atoms with van der Waals surface area (Å²) in [5, 5.41) is 9.29. The average molecular weight is 478 g/mol. The number of fused-ring (bicyclic) bond motifs is 1. The van der Waals surface area contributed by atoms with Gasteiger partial charge in [0.25, 0.3) is 0 Å². The lowest BCUT2D eigenvalue weighted by Crippen LogP contribution is -2.18. The van der Waals surface area contributed by atoms with Crippen molar-refractivity contribution in [2.45, 2.75) is 64.2 Å². The SMILES string of the molecule is CCC(C)c1cc(C(C)(C)C)cc(-n2nc3ccccc3n2)c1OS(=O)(=O)c1ccccc1C. The van der Waals surface area contributed by atoms with Crippen LogP contribution in [0.25, 0.3) is 16.7 Å². The summed E-state index contributed by atoms with van der Waals surface area (Å²) in [4.78, 5) is 1.64. The summed E-state index contributed by atoms with van der Waals surface area (Å²) in [6.45, 7) is 12.3. The molecule has 4 aromatic rings. The van der Waals surface area contributed by atoms with Gasteiger partial charge in [0.2, 0.25) is 0 Å². The largest absolute Gasteiger partial charge is 0.376 e. The molecule has 1 unspecified atom stereocenters. The lowest BCUT2D eigenvalue weighted by molar-refractivity contribution is 0.474. The second kappa shape index (κ2) is 8.87. The number of aromatic nitrogens is 3. The predicted octanol–water partition coefficient (Wildman–Crippen LogP) is 6.31. The van der Waals surface area contributed by atoms with Crippen molar-refractivity contribution in [2.75, 3.05) is 0 Å². The molecule has 178 valence electrons. The normalized spacial score (nSPS) is 13.2. The van der Waals surface area contributed by atoms with Crippen molar-refractivity contribution < 1.29 is 12.6 Å². The minimum atomic E-state index is -4.09. The number of rotatable bonds is 6. The maximum absolute atomic E-state index is 13.5. The molecule has 0 amide bonds. The quantitative estimate of drug-likeness (QED) is 0.304. The van der Waals surface area contributed by atoms with Crippen molar-refractivity contribution >= 4 is 21.2 Å². The molecule has 0 radical (unpaired) electrons. The molecule has 4 rings (SSSR count). The molecule has 1 atom stereocenters. The van der Waals surface area contributed by atoms with Crippen LogP contribution >= 0.6 is 0 Å². The zero-order valence-electron chi connectivity index (χ0n) is 20.5. The molecule has 34 heavy (non-hydrogen) atoms. The molecule has 0 spiro atoms. The molecule has 0 bridgehead atoms. The summed E-state index contributed by atoms with van der Waals surface area (Å²) in [7, 11) is -4.09. The van der Waals surface area contributed by atoms with Gasteiger partial charge in [-0.05, 0) is 60.1 Å². The van der Waals surface area contributed by atoms with E-state index in [1.165, 1.54) is 4.80 Å². The van der Waals surface area contributed by atoms with E-state index in [0.29, 0.717) is 11.3 Å². The van der Waals surface area contributed by atoms with Crippen LogP contribution in [-0.4, -0.2) is 23.4 Å². The zero-order valence-corrected chi connectivity index (χ0v) is 21.3. The molecule has 3 aromatic carbocycles. The van der Waals surface area contributed by atoms with Gasteiger partial charge in [-0.3, -0.25) is 0 Å². The van der Waals surface area contributed by atoms with Gasteiger partial charge in [0.05, 0.1) is 0 Å². The summed E-state index contributed by atoms with van der Waals surface area (Å²) in [6, 6.07) is 18.4. The Labute approximate surface area is 201 Å². The van der Waals surface area contributed by atoms with E-state index in [0.717, 1.165) is 28.6 Å². The van der Waals surface area contributed by atoms with Crippen LogP contribution in [0.1, 0.15) is 63.6 Å². The van der Waals surface area contributed by atoms with Gasteiger partial charge in [-0.25, -0.2) is 0 Å². The molecule has 0 aliphatic carbocycles. The average Bonchev–Trinajstić information content (AvgIpc) is 3.22. The third kappa shape index (κ3) is 4.57. The van der Waals surface area contributed by atoms with Gasteiger partial charge in [-0.1, -0.05) is 71.0 Å². The highest BCUT2D eigenvalue weighted by Gasteiger charge is 2.28. The molecular weight excluding hydrogens is 446 g/mol. The highest BCUT2D eigenvalue weighted by atomic mass is 32.2. The fraction of sp³-hybridized carbons (Fsp3) is 0.333. The smallest absolute Gasteiger partial charge is 0.339 e. The molecule has 0 saturated carbocycles. The Morgan fingerprint density at radius 2 is 1.56 bits per heavy atom. The van der Waals surface area contributed by atoms with Crippen molar-refractivity contribution in [2.24, 2.45) is 0 Å². The molecule has 0 N–H and O–H groups in total. The van der Waals surface area contributed by atoms with Crippen molar-refractivity contribution in [3.8, 4) is 11.4 Å². The van der Waals surface area contributed by atoms with Gasteiger partial charge in [0.15, 0.2) is 5.75 Å². The Balaban J connectivity index is 2.00. The summed E-state index contributed by atoms with van der Waals surface area (Å²) in [5.41, 5.74) is 4.29. The fourth-order valence-corrected chi connectivity index (χ4v) is 5.05. The lowest BCUT2D eigenvalue weighted by Gasteiger charge is -2.25. The maximum atomic E-state index is 13.5. The van der Waals surface area contributed by atoms with Crippen molar-refractivity contribution in [1.82, 2.24) is 15.0 Å². The highest BCUT2D eigenvalue weighted by molar-refractivity contribution is 7.87. The van der Waals surface area contributed by atoms with E-state index in [1.807, 2.05) is 36.4 Å². The van der Waals surface area contributed by atoms with Gasteiger partial charge in [0.1, 0.15) is 21.6 Å². The van der Waals surface area contributed by atoms with Crippen LogP contribution in [0.5, 0.6) is 5.75 Å². The third-order valence-electron chi connectivity index (χ3n) is 6.17. The second-order valence-electron chi connectivity index (χ2n) is 9.75. The van der Waals surface area contributed by atoms with E-state index in [-0.39, 0.29) is 22.0 Å². The van der Waals surface area contributed by atoms with Gasteiger partial charge >= 0.3 is 10.1 Å². The molecule has 0 aliphatic heterocycles. The highest BCUT2D eigenvalue weighted by Crippen LogP contribution is 2.40. The first-order valence-corrected chi connectivity index (χ1v) is 12.9. The minimum absolute atomic E-state index is 0.0631. The van der Waals surface area contributed by atoms with E-state index in [4.69, 9.17) is 4.18 Å². The topological polar surface area (TPSA) is 74.1 Å². The van der Waals surface area contributed by atoms with Crippen LogP contribution in [0.3, 0.4) is 0 Å². The van der Waals surface area contributed by atoms with Crippen LogP contribution in [0, 0.1) is 6.92 Å². The number of benzene rings is 3. The van der Waals surface area contributed by atoms with Gasteiger partial charge < -0.3 is 4.18 Å². The Morgan fingerprint density at radius 3 is 2.12 bits per heavy atom. The minimum Gasteiger partial charge on any atom is -0.376 e. The summed E-state index contributed by atoms with van der Waals surface area (Å²) in [6.07, 6.45) is 0.822. The lowest BCUT2D eigenvalue weighted by atomic mass is 9.83. The molecule has 1 heterocycles. The number of nitrogens with zero attached hydrogens (tertiary/aromatic N) is 3. The summed E-state index contributed by atoms with van der Waals surface area (Å²) < 4.78 is 32.8. The fourth-order valence-electron chi connectivity index (χ4n) is 3.85. The van der Waals surface area contributed by atoms with Crippen molar-refractivity contribution in [1.29, 1.82) is 0 Å². The van der Waals surface area contributed by atoms with Crippen LogP contribution in [0.15, 0.2) is 65.6 Å².